The van der Waals surface area contributed by atoms with Crippen LogP contribution in [0.2, 0.25) is 0 Å². The number of amides is 1. The number of nitrogens with one attached hydrogen (secondary N) is 2. The van der Waals surface area contributed by atoms with Crippen molar-refractivity contribution in [2.24, 2.45) is 0 Å². The van der Waals surface area contributed by atoms with Gasteiger partial charge in [0.15, 0.2) is 5.69 Å². The van der Waals surface area contributed by atoms with Gasteiger partial charge in [0.2, 0.25) is 0 Å². The highest BCUT2D eigenvalue weighted by Gasteiger charge is 2.08. The Bertz CT molecular complexity index is 815. The van der Waals surface area contributed by atoms with E-state index in [1.54, 1.807) is 12.1 Å². The van der Waals surface area contributed by atoms with Crippen molar-refractivity contribution in [3.05, 3.63) is 83.6 Å². The number of aromatic nitrogens is 2. The molecule has 0 fully saturated rings. The van der Waals surface area contributed by atoms with Crippen molar-refractivity contribution in [3.8, 4) is 0 Å². The summed E-state index contributed by atoms with van der Waals surface area (Å²) in [5, 5.41) is 14.1. The van der Waals surface area contributed by atoms with E-state index >= 15 is 0 Å². The number of rotatable bonds is 6. The lowest BCUT2D eigenvalue weighted by Crippen LogP contribution is -2.15. The molecule has 0 aliphatic rings. The van der Waals surface area contributed by atoms with Gasteiger partial charge in [0.05, 0.1) is 0 Å². The molecule has 3 rings (SSSR count). The number of nitrogens with zero attached hydrogens (tertiary/aromatic N) is 2. The summed E-state index contributed by atoms with van der Waals surface area (Å²) in [5.41, 5.74) is 3.43. The smallest absolute Gasteiger partial charge is 0.276 e. The second kappa shape index (κ2) is 8.06. The minimum absolute atomic E-state index is 0.271. The first-order valence-corrected chi connectivity index (χ1v) is 8.20. The number of hydrogen-bond acceptors (Lipinski definition) is 4. The topological polar surface area (TPSA) is 66.9 Å². The fourth-order valence-electron chi connectivity index (χ4n) is 2.36. The van der Waals surface area contributed by atoms with Gasteiger partial charge < -0.3 is 10.6 Å². The Morgan fingerprint density at radius 2 is 1.68 bits per heavy atom. The molecule has 3 aromatic rings. The van der Waals surface area contributed by atoms with E-state index in [0.717, 1.165) is 24.2 Å². The molecular formula is C20H20N4O. The van der Waals surface area contributed by atoms with Gasteiger partial charge in [-0.05, 0) is 43.2 Å². The summed E-state index contributed by atoms with van der Waals surface area (Å²) in [5.74, 6) is 0.384. The Labute approximate surface area is 147 Å². The maximum atomic E-state index is 12.2. The molecule has 126 valence electrons. The van der Waals surface area contributed by atoms with Crippen LogP contribution >= 0.6 is 0 Å². The van der Waals surface area contributed by atoms with Crippen LogP contribution in [0.5, 0.6) is 0 Å². The molecule has 5 nitrogen and oxygen atoms in total. The Morgan fingerprint density at radius 3 is 2.36 bits per heavy atom. The monoisotopic (exact) mass is 332 g/mol. The maximum absolute atomic E-state index is 12.2. The van der Waals surface area contributed by atoms with Gasteiger partial charge in [0.1, 0.15) is 5.82 Å². The van der Waals surface area contributed by atoms with Crippen LogP contribution < -0.4 is 10.6 Å². The van der Waals surface area contributed by atoms with E-state index in [-0.39, 0.29) is 11.6 Å². The summed E-state index contributed by atoms with van der Waals surface area (Å²) < 4.78 is 0. The van der Waals surface area contributed by atoms with E-state index in [1.807, 2.05) is 49.4 Å². The van der Waals surface area contributed by atoms with Gasteiger partial charge >= 0.3 is 0 Å². The van der Waals surface area contributed by atoms with Gasteiger partial charge in [-0.25, -0.2) is 0 Å². The quantitative estimate of drug-likeness (QED) is 0.722. The van der Waals surface area contributed by atoms with E-state index in [1.165, 1.54) is 5.56 Å². The Kier molecular flexibility index (Phi) is 5.36. The molecule has 1 heterocycles. The molecule has 1 amide bonds. The lowest BCUT2D eigenvalue weighted by Gasteiger charge is -2.07. The molecule has 0 bridgehead atoms. The van der Waals surface area contributed by atoms with E-state index in [0.29, 0.717) is 5.82 Å². The first-order chi connectivity index (χ1) is 12.2. The van der Waals surface area contributed by atoms with Crippen molar-refractivity contribution in [1.29, 1.82) is 0 Å². The standard InChI is InChI=1S/C20H20N4O/c1-15-7-9-17(10-8-15)22-20(25)18-11-12-19(24-23-18)21-14-13-16-5-3-2-4-6-16/h2-12H,13-14H2,1H3,(H,21,24)(H,22,25). The predicted molar refractivity (Wildman–Crippen MR) is 99.8 cm³/mol. The largest absolute Gasteiger partial charge is 0.368 e. The first-order valence-electron chi connectivity index (χ1n) is 8.20. The number of benzene rings is 2. The van der Waals surface area contributed by atoms with Gasteiger partial charge in [-0.15, -0.1) is 10.2 Å². The Morgan fingerprint density at radius 1 is 0.920 bits per heavy atom. The average Bonchev–Trinajstić information content (AvgIpc) is 2.65. The molecule has 2 N–H and O–H groups in total. The van der Waals surface area contributed by atoms with Crippen LogP contribution in [0.25, 0.3) is 0 Å². The summed E-state index contributed by atoms with van der Waals surface area (Å²) in [4.78, 5) is 12.2. The number of carbonyl (C=O) groups excluding carboxylic acids is 1. The van der Waals surface area contributed by atoms with Gasteiger partial charge in [-0.1, -0.05) is 48.0 Å². The van der Waals surface area contributed by atoms with Crippen LogP contribution in [0.3, 0.4) is 0 Å². The normalized spacial score (nSPS) is 10.3. The van der Waals surface area contributed by atoms with Crippen LogP contribution in [-0.2, 0) is 6.42 Å². The Hall–Kier alpha value is -3.21. The van der Waals surface area contributed by atoms with E-state index in [2.05, 4.69) is 33.0 Å². The van der Waals surface area contributed by atoms with E-state index in [9.17, 15) is 4.79 Å². The minimum atomic E-state index is -0.271. The molecule has 2 aromatic carbocycles. The number of aryl methyl sites for hydroxylation is 1. The van der Waals surface area contributed by atoms with E-state index in [4.69, 9.17) is 0 Å². The maximum Gasteiger partial charge on any atom is 0.276 e. The van der Waals surface area contributed by atoms with Gasteiger partial charge in [-0.2, -0.15) is 0 Å². The molecule has 1 aromatic heterocycles. The van der Waals surface area contributed by atoms with Gasteiger partial charge in [0, 0.05) is 12.2 Å². The molecule has 0 saturated heterocycles. The molecule has 0 aliphatic heterocycles. The van der Waals surface area contributed by atoms with Crippen LogP contribution in [0.1, 0.15) is 21.6 Å². The van der Waals surface area contributed by atoms with Crippen LogP contribution in [0.4, 0.5) is 11.5 Å². The third-order valence-corrected chi connectivity index (χ3v) is 3.77. The van der Waals surface area contributed by atoms with Crippen LogP contribution in [0.15, 0.2) is 66.7 Å². The summed E-state index contributed by atoms with van der Waals surface area (Å²) in [6.45, 7) is 2.76. The highest BCUT2D eigenvalue weighted by atomic mass is 16.1. The lowest BCUT2D eigenvalue weighted by atomic mass is 10.1. The zero-order valence-corrected chi connectivity index (χ0v) is 14.1. The Balaban J connectivity index is 1.52. The first kappa shape index (κ1) is 16.6. The van der Waals surface area contributed by atoms with Gasteiger partial charge in [-0.3, -0.25) is 4.79 Å². The van der Waals surface area contributed by atoms with Crippen LogP contribution in [0, 0.1) is 6.92 Å². The van der Waals surface area contributed by atoms with Crippen LogP contribution in [-0.4, -0.2) is 22.6 Å². The van der Waals surface area contributed by atoms with E-state index < -0.39 is 0 Å². The van der Waals surface area contributed by atoms with Gasteiger partial charge in [0.25, 0.3) is 5.91 Å². The third-order valence-electron chi connectivity index (χ3n) is 3.77. The minimum Gasteiger partial charge on any atom is -0.368 e. The number of hydrogen-bond donors (Lipinski definition) is 2. The molecule has 0 atom stereocenters. The average molecular weight is 332 g/mol. The number of carbonyl (C=O) groups is 1. The highest BCUT2D eigenvalue weighted by molar-refractivity contribution is 6.02. The number of anilines is 2. The molecule has 0 unspecified atom stereocenters. The second-order valence-electron chi connectivity index (χ2n) is 5.79. The molecular weight excluding hydrogens is 312 g/mol. The van der Waals surface area contributed by atoms with Crippen molar-refractivity contribution >= 4 is 17.4 Å². The second-order valence-corrected chi connectivity index (χ2v) is 5.79. The fourth-order valence-corrected chi connectivity index (χ4v) is 2.36. The fraction of sp³-hybridized carbons (Fsp3) is 0.150. The molecule has 0 radical (unpaired) electrons. The summed E-state index contributed by atoms with van der Waals surface area (Å²) in [6.07, 6.45) is 0.901. The lowest BCUT2D eigenvalue weighted by molar-refractivity contribution is 0.102. The molecule has 5 heteroatoms. The van der Waals surface area contributed by atoms with Crippen molar-refractivity contribution < 1.29 is 4.79 Å². The highest BCUT2D eigenvalue weighted by Crippen LogP contribution is 2.10. The predicted octanol–water partition coefficient (Wildman–Crippen LogP) is 3.69. The molecule has 0 spiro atoms. The molecule has 25 heavy (non-hydrogen) atoms. The zero-order chi connectivity index (χ0) is 17.5. The summed E-state index contributed by atoms with van der Waals surface area (Å²) in [6, 6.07) is 21.3. The SMILES string of the molecule is Cc1ccc(NC(=O)c2ccc(NCCc3ccccc3)nn2)cc1. The third kappa shape index (κ3) is 4.88. The van der Waals surface area contributed by atoms with Crippen molar-refractivity contribution in [2.75, 3.05) is 17.2 Å². The van der Waals surface area contributed by atoms with Crippen molar-refractivity contribution in [1.82, 2.24) is 10.2 Å². The molecule has 0 saturated carbocycles. The van der Waals surface area contributed by atoms with Crippen molar-refractivity contribution in [3.63, 3.8) is 0 Å². The van der Waals surface area contributed by atoms with Crippen molar-refractivity contribution in [2.45, 2.75) is 13.3 Å². The summed E-state index contributed by atoms with van der Waals surface area (Å²) >= 11 is 0. The molecule has 0 aliphatic carbocycles. The summed E-state index contributed by atoms with van der Waals surface area (Å²) in [7, 11) is 0. The zero-order valence-electron chi connectivity index (χ0n) is 14.1.